The van der Waals surface area contributed by atoms with Crippen molar-refractivity contribution in [2.75, 3.05) is 13.6 Å². The summed E-state index contributed by atoms with van der Waals surface area (Å²) in [6.45, 7) is 3.31. The predicted molar refractivity (Wildman–Crippen MR) is 107 cm³/mol. The topological polar surface area (TPSA) is 104 Å². The van der Waals surface area contributed by atoms with E-state index in [1.54, 1.807) is 19.1 Å². The molecule has 7 nitrogen and oxygen atoms in total. The summed E-state index contributed by atoms with van der Waals surface area (Å²) in [5.41, 5.74) is 1.55. The Morgan fingerprint density at radius 2 is 1.73 bits per heavy atom. The lowest BCUT2D eigenvalue weighted by molar-refractivity contribution is -0.128. The lowest BCUT2D eigenvalue weighted by Gasteiger charge is -2.18. The molecule has 2 amide bonds. The quantitative estimate of drug-likeness (QED) is 0.584. The van der Waals surface area contributed by atoms with Crippen molar-refractivity contribution in [2.24, 2.45) is 0 Å². The van der Waals surface area contributed by atoms with E-state index in [2.05, 4.69) is 15.4 Å². The van der Waals surface area contributed by atoms with Crippen LogP contribution in [-0.4, -0.2) is 33.8 Å². The molecule has 0 saturated carbocycles. The summed E-state index contributed by atoms with van der Waals surface area (Å²) < 4.78 is 53.8. The first-order valence-corrected chi connectivity index (χ1v) is 10.6. The Labute approximate surface area is 173 Å². The Balaban J connectivity index is 2.03. The minimum absolute atomic E-state index is 0.0532. The largest absolute Gasteiger partial charge is 0.357 e. The number of carbonyl (C=O) groups excluding carboxylic acids is 2. The van der Waals surface area contributed by atoms with Crippen LogP contribution in [0.25, 0.3) is 0 Å². The van der Waals surface area contributed by atoms with Crippen LogP contribution in [0.2, 0.25) is 0 Å². The monoisotopic (exact) mass is 439 g/mol. The fraction of sp³-hybridized carbons (Fsp3) is 0.300. The number of amides is 2. The summed E-state index contributed by atoms with van der Waals surface area (Å²) in [6, 6.07) is 6.48. The molecule has 2 rings (SSSR count). The van der Waals surface area contributed by atoms with Gasteiger partial charge >= 0.3 is 0 Å². The number of hydrogen-bond acceptors (Lipinski definition) is 4. The third-order valence-electron chi connectivity index (χ3n) is 4.35. The molecule has 0 radical (unpaired) electrons. The minimum Gasteiger partial charge on any atom is -0.357 e. The van der Waals surface area contributed by atoms with Gasteiger partial charge in [-0.05, 0) is 43.2 Å². The van der Waals surface area contributed by atoms with Gasteiger partial charge in [0.25, 0.3) is 0 Å². The van der Waals surface area contributed by atoms with Gasteiger partial charge in [0.05, 0.1) is 4.90 Å². The van der Waals surface area contributed by atoms with E-state index in [1.165, 1.54) is 19.2 Å². The van der Waals surface area contributed by atoms with E-state index in [0.29, 0.717) is 5.56 Å². The van der Waals surface area contributed by atoms with E-state index in [4.69, 9.17) is 0 Å². The van der Waals surface area contributed by atoms with Crippen molar-refractivity contribution < 1.29 is 26.8 Å². The average Bonchev–Trinajstić information content (AvgIpc) is 2.67. The fourth-order valence-corrected chi connectivity index (χ4v) is 4.10. The zero-order valence-corrected chi connectivity index (χ0v) is 17.6. The average molecular weight is 439 g/mol. The minimum atomic E-state index is -3.82. The van der Waals surface area contributed by atoms with Crippen LogP contribution >= 0.6 is 0 Å². The zero-order valence-electron chi connectivity index (χ0n) is 16.8. The second-order valence-corrected chi connectivity index (χ2v) is 8.44. The number of halogens is 2. The molecule has 0 bridgehead atoms. The zero-order chi connectivity index (χ0) is 22.5. The van der Waals surface area contributed by atoms with Crippen LogP contribution in [-0.2, 0) is 19.6 Å². The summed E-state index contributed by atoms with van der Waals surface area (Å²) in [4.78, 5) is 24.4. The molecular weight excluding hydrogens is 416 g/mol. The molecule has 0 heterocycles. The maximum Gasteiger partial charge on any atom is 0.246 e. The SMILES string of the molecule is CNC(=O)C(NC(=O)CCNS(=O)(=O)c1ccc(C)cc1C)c1ccc(F)c(F)c1. The highest BCUT2D eigenvalue weighted by atomic mass is 32.2. The van der Waals surface area contributed by atoms with Crippen molar-refractivity contribution in [3.63, 3.8) is 0 Å². The molecule has 10 heteroatoms. The number of carbonyl (C=O) groups is 2. The van der Waals surface area contributed by atoms with E-state index in [0.717, 1.165) is 17.7 Å². The van der Waals surface area contributed by atoms with Gasteiger partial charge in [-0.25, -0.2) is 21.9 Å². The molecule has 0 saturated heterocycles. The van der Waals surface area contributed by atoms with Gasteiger partial charge in [-0.2, -0.15) is 0 Å². The van der Waals surface area contributed by atoms with Crippen molar-refractivity contribution in [3.05, 3.63) is 64.7 Å². The molecule has 0 fully saturated rings. The second-order valence-electron chi connectivity index (χ2n) is 6.71. The van der Waals surface area contributed by atoms with Gasteiger partial charge in [0, 0.05) is 20.0 Å². The van der Waals surface area contributed by atoms with Gasteiger partial charge in [0.1, 0.15) is 6.04 Å². The predicted octanol–water partition coefficient (Wildman–Crippen LogP) is 1.85. The van der Waals surface area contributed by atoms with E-state index in [-0.39, 0.29) is 23.4 Å². The van der Waals surface area contributed by atoms with Gasteiger partial charge in [-0.15, -0.1) is 0 Å². The van der Waals surface area contributed by atoms with E-state index in [1.807, 2.05) is 6.92 Å². The summed E-state index contributed by atoms with van der Waals surface area (Å²) in [6.07, 6.45) is -0.263. The van der Waals surface area contributed by atoms with Crippen LogP contribution in [0.1, 0.15) is 29.2 Å². The summed E-state index contributed by atoms with van der Waals surface area (Å²) in [5.74, 6) is -3.51. The van der Waals surface area contributed by atoms with Gasteiger partial charge < -0.3 is 10.6 Å². The maximum atomic E-state index is 13.5. The molecule has 0 aliphatic rings. The number of nitrogens with one attached hydrogen (secondary N) is 3. The van der Waals surface area contributed by atoms with Crippen LogP contribution in [0.3, 0.4) is 0 Å². The van der Waals surface area contributed by atoms with Crippen LogP contribution in [0.5, 0.6) is 0 Å². The molecule has 2 aromatic carbocycles. The molecule has 2 aromatic rings. The lowest BCUT2D eigenvalue weighted by Crippen LogP contribution is -2.40. The second kappa shape index (κ2) is 9.77. The van der Waals surface area contributed by atoms with Gasteiger partial charge in [-0.1, -0.05) is 23.8 Å². The van der Waals surface area contributed by atoms with Crippen LogP contribution in [0, 0.1) is 25.5 Å². The molecule has 1 unspecified atom stereocenters. The van der Waals surface area contributed by atoms with Crippen molar-refractivity contribution in [2.45, 2.75) is 31.2 Å². The standard InChI is InChI=1S/C20H23F2N3O4S/c1-12-4-7-17(13(2)10-12)30(28,29)24-9-8-18(26)25-19(20(27)23-3)14-5-6-15(21)16(22)11-14/h4-7,10-11,19,24H,8-9H2,1-3H3,(H,23,27)(H,25,26). The molecular formula is C20H23F2N3O4S. The molecule has 1 atom stereocenters. The van der Waals surface area contributed by atoms with Gasteiger partial charge in [-0.3, -0.25) is 9.59 Å². The van der Waals surface area contributed by atoms with E-state index in [9.17, 15) is 26.8 Å². The highest BCUT2D eigenvalue weighted by Gasteiger charge is 2.23. The van der Waals surface area contributed by atoms with Crippen LogP contribution < -0.4 is 15.4 Å². The highest BCUT2D eigenvalue weighted by Crippen LogP contribution is 2.18. The number of likely N-dealkylation sites (N-methyl/N-ethyl adjacent to an activating group) is 1. The Morgan fingerprint density at radius 3 is 2.33 bits per heavy atom. The summed E-state index contributed by atoms with van der Waals surface area (Å²) >= 11 is 0. The molecule has 162 valence electrons. The third-order valence-corrected chi connectivity index (χ3v) is 5.98. The molecule has 0 spiro atoms. The number of sulfonamides is 1. The number of hydrogen-bond donors (Lipinski definition) is 3. The van der Waals surface area contributed by atoms with E-state index < -0.39 is 39.5 Å². The summed E-state index contributed by atoms with van der Waals surface area (Å²) in [7, 11) is -2.48. The highest BCUT2D eigenvalue weighted by molar-refractivity contribution is 7.89. The normalized spacial score (nSPS) is 12.3. The van der Waals surface area contributed by atoms with E-state index >= 15 is 0 Å². The number of aryl methyl sites for hydroxylation is 2. The third kappa shape index (κ3) is 5.83. The smallest absolute Gasteiger partial charge is 0.246 e. The Hall–Kier alpha value is -2.85. The molecule has 30 heavy (non-hydrogen) atoms. The molecule has 0 aliphatic heterocycles. The molecule has 0 aromatic heterocycles. The summed E-state index contributed by atoms with van der Waals surface area (Å²) in [5, 5.41) is 4.73. The Morgan fingerprint density at radius 1 is 1.03 bits per heavy atom. The fourth-order valence-electron chi connectivity index (χ4n) is 2.85. The van der Waals surface area contributed by atoms with Gasteiger partial charge in [0.2, 0.25) is 21.8 Å². The first kappa shape index (κ1) is 23.4. The Bertz CT molecular complexity index is 1060. The van der Waals surface area contributed by atoms with Crippen molar-refractivity contribution >= 4 is 21.8 Å². The number of rotatable bonds is 8. The first-order valence-electron chi connectivity index (χ1n) is 9.08. The lowest BCUT2D eigenvalue weighted by atomic mass is 10.1. The van der Waals surface area contributed by atoms with Crippen LogP contribution in [0.4, 0.5) is 8.78 Å². The van der Waals surface area contributed by atoms with Crippen molar-refractivity contribution in [1.29, 1.82) is 0 Å². The van der Waals surface area contributed by atoms with Crippen molar-refractivity contribution in [1.82, 2.24) is 15.4 Å². The van der Waals surface area contributed by atoms with Gasteiger partial charge in [0.15, 0.2) is 11.6 Å². The van der Waals surface area contributed by atoms with Crippen molar-refractivity contribution in [3.8, 4) is 0 Å². The first-order chi connectivity index (χ1) is 14.0. The molecule has 3 N–H and O–H groups in total. The Kier molecular flexibility index (Phi) is 7.63. The molecule has 0 aliphatic carbocycles. The maximum absolute atomic E-state index is 13.5. The van der Waals surface area contributed by atoms with Crippen LogP contribution in [0.15, 0.2) is 41.3 Å². The number of benzene rings is 2.